The molecule has 0 bridgehead atoms. The molecule has 0 amide bonds. The van der Waals surface area contributed by atoms with Gasteiger partial charge in [0, 0.05) is 17.1 Å². The summed E-state index contributed by atoms with van der Waals surface area (Å²) in [5.74, 6) is 1.75. The molecule has 0 spiro atoms. The third kappa shape index (κ3) is 2.84. The van der Waals surface area contributed by atoms with E-state index < -0.39 is 0 Å². The second-order valence-corrected chi connectivity index (χ2v) is 5.55. The Kier molecular flexibility index (Phi) is 4.00. The van der Waals surface area contributed by atoms with Crippen molar-refractivity contribution in [2.24, 2.45) is 17.6 Å². The van der Waals surface area contributed by atoms with Gasteiger partial charge in [0.1, 0.15) is 0 Å². The van der Waals surface area contributed by atoms with Gasteiger partial charge in [0.15, 0.2) is 0 Å². The summed E-state index contributed by atoms with van der Waals surface area (Å²) in [6.07, 6.45) is 1.36. The van der Waals surface area contributed by atoms with E-state index in [0.717, 1.165) is 22.9 Å². The predicted molar refractivity (Wildman–Crippen MR) is 71.2 cm³/mol. The summed E-state index contributed by atoms with van der Waals surface area (Å²) in [5.41, 5.74) is 7.09. The summed E-state index contributed by atoms with van der Waals surface area (Å²) < 4.78 is 1.14. The smallest absolute Gasteiger partial charge is 0.0455 e. The third-order valence-electron chi connectivity index (χ3n) is 3.42. The lowest BCUT2D eigenvalue weighted by molar-refractivity contribution is 0.510. The second kappa shape index (κ2) is 5.30. The van der Waals surface area contributed by atoms with Crippen LogP contribution in [0.15, 0.2) is 28.7 Å². The van der Waals surface area contributed by atoms with Gasteiger partial charge in [0.2, 0.25) is 0 Å². The highest BCUT2D eigenvalue weighted by Gasteiger charge is 2.32. The van der Waals surface area contributed by atoms with E-state index >= 15 is 0 Å². The number of hydrogen-bond acceptors (Lipinski definition) is 2. The first-order valence-electron chi connectivity index (χ1n) is 5.90. The van der Waals surface area contributed by atoms with Crippen LogP contribution < -0.4 is 11.1 Å². The Morgan fingerprint density at radius 3 is 2.75 bits per heavy atom. The first-order chi connectivity index (χ1) is 7.72. The Balaban J connectivity index is 1.96. The van der Waals surface area contributed by atoms with Crippen molar-refractivity contribution in [3.05, 3.63) is 34.3 Å². The average Bonchev–Trinajstić information content (AvgIpc) is 2.98. The number of nitrogens with one attached hydrogen (secondary N) is 1. The van der Waals surface area contributed by atoms with Crippen LogP contribution in [-0.2, 0) is 0 Å². The Morgan fingerprint density at radius 2 is 2.19 bits per heavy atom. The summed E-state index contributed by atoms with van der Waals surface area (Å²) in [7, 11) is 0. The van der Waals surface area contributed by atoms with Gasteiger partial charge in [-0.15, -0.1) is 0 Å². The number of halogens is 1. The van der Waals surface area contributed by atoms with E-state index in [1.807, 2.05) is 6.07 Å². The van der Waals surface area contributed by atoms with Gasteiger partial charge in [-0.25, -0.2) is 0 Å². The molecule has 0 radical (unpaired) electrons. The number of hydrogen-bond donors (Lipinski definition) is 2. The van der Waals surface area contributed by atoms with Crippen molar-refractivity contribution in [3.63, 3.8) is 0 Å². The van der Waals surface area contributed by atoms with Crippen molar-refractivity contribution in [1.82, 2.24) is 5.32 Å². The summed E-state index contributed by atoms with van der Waals surface area (Å²) in [5, 5.41) is 3.56. The van der Waals surface area contributed by atoms with E-state index in [1.54, 1.807) is 0 Å². The zero-order valence-electron chi connectivity index (χ0n) is 9.62. The maximum Gasteiger partial charge on any atom is 0.0455 e. The zero-order chi connectivity index (χ0) is 11.5. The van der Waals surface area contributed by atoms with Crippen LogP contribution in [-0.4, -0.2) is 13.1 Å². The fraction of sp³-hybridized carbons (Fsp3) is 0.538. The van der Waals surface area contributed by atoms with Crippen LogP contribution in [0.25, 0.3) is 0 Å². The Bertz CT molecular complexity index is 354. The van der Waals surface area contributed by atoms with Gasteiger partial charge >= 0.3 is 0 Å². The minimum Gasteiger partial charge on any atom is -0.329 e. The van der Waals surface area contributed by atoms with E-state index in [0.29, 0.717) is 6.54 Å². The average molecular weight is 283 g/mol. The molecule has 1 aliphatic carbocycles. The first-order valence-corrected chi connectivity index (χ1v) is 6.69. The number of rotatable bonds is 5. The van der Waals surface area contributed by atoms with Gasteiger partial charge in [0.25, 0.3) is 0 Å². The van der Waals surface area contributed by atoms with E-state index in [4.69, 9.17) is 5.73 Å². The molecular weight excluding hydrogens is 264 g/mol. The monoisotopic (exact) mass is 282 g/mol. The van der Waals surface area contributed by atoms with Crippen LogP contribution in [0.2, 0.25) is 0 Å². The van der Waals surface area contributed by atoms with Crippen LogP contribution >= 0.6 is 15.9 Å². The summed E-state index contributed by atoms with van der Waals surface area (Å²) in [4.78, 5) is 0. The minimum absolute atomic E-state index is 0.267. The molecule has 3 atom stereocenters. The molecule has 2 rings (SSSR count). The molecule has 1 aliphatic rings. The van der Waals surface area contributed by atoms with Crippen LogP contribution in [0.3, 0.4) is 0 Å². The van der Waals surface area contributed by atoms with Crippen molar-refractivity contribution in [3.8, 4) is 0 Å². The standard InChI is InChI=1S/C13H19BrN2/c1-9-6-10(9)8-16-13(7-15)11-4-2-3-5-12(11)14/h2-5,9-10,13,16H,6-8,15H2,1H3. The van der Waals surface area contributed by atoms with E-state index in [-0.39, 0.29) is 6.04 Å². The first kappa shape index (κ1) is 12.1. The topological polar surface area (TPSA) is 38.0 Å². The molecule has 1 aromatic rings. The molecule has 1 saturated carbocycles. The zero-order valence-corrected chi connectivity index (χ0v) is 11.2. The van der Waals surface area contributed by atoms with Crippen molar-refractivity contribution >= 4 is 15.9 Å². The normalized spacial score (nSPS) is 25.4. The maximum absolute atomic E-state index is 5.83. The molecule has 0 heterocycles. The van der Waals surface area contributed by atoms with E-state index in [2.05, 4.69) is 46.4 Å². The molecule has 88 valence electrons. The van der Waals surface area contributed by atoms with Crippen molar-refractivity contribution in [2.45, 2.75) is 19.4 Å². The lowest BCUT2D eigenvalue weighted by atomic mass is 10.1. The minimum atomic E-state index is 0.267. The van der Waals surface area contributed by atoms with Gasteiger partial charge in [-0.1, -0.05) is 41.1 Å². The fourth-order valence-corrected chi connectivity index (χ4v) is 2.62. The Hall–Kier alpha value is -0.380. The van der Waals surface area contributed by atoms with Crippen LogP contribution in [0.4, 0.5) is 0 Å². The summed E-state index contributed by atoms with van der Waals surface area (Å²) >= 11 is 3.58. The highest BCUT2D eigenvalue weighted by atomic mass is 79.9. The Morgan fingerprint density at radius 1 is 1.50 bits per heavy atom. The molecule has 0 aromatic heterocycles. The van der Waals surface area contributed by atoms with Gasteiger partial charge in [-0.3, -0.25) is 0 Å². The highest BCUT2D eigenvalue weighted by Crippen LogP contribution is 2.37. The van der Waals surface area contributed by atoms with Crippen molar-refractivity contribution in [2.75, 3.05) is 13.1 Å². The lowest BCUT2D eigenvalue weighted by Crippen LogP contribution is -2.30. The van der Waals surface area contributed by atoms with E-state index in [1.165, 1.54) is 12.0 Å². The molecule has 16 heavy (non-hydrogen) atoms. The Labute approximate surface area is 106 Å². The second-order valence-electron chi connectivity index (χ2n) is 4.69. The third-order valence-corrected chi connectivity index (χ3v) is 4.14. The number of nitrogens with two attached hydrogens (primary N) is 1. The molecule has 2 nitrogen and oxygen atoms in total. The van der Waals surface area contributed by atoms with Crippen LogP contribution in [0, 0.1) is 11.8 Å². The molecule has 1 aromatic carbocycles. The SMILES string of the molecule is CC1CC1CNC(CN)c1ccccc1Br. The van der Waals surface area contributed by atoms with Gasteiger partial charge in [-0.2, -0.15) is 0 Å². The van der Waals surface area contributed by atoms with Gasteiger partial charge in [0.05, 0.1) is 0 Å². The molecular formula is C13H19BrN2. The predicted octanol–water partition coefficient (Wildman–Crippen LogP) is 2.69. The molecule has 1 fully saturated rings. The lowest BCUT2D eigenvalue weighted by Gasteiger charge is -2.18. The van der Waals surface area contributed by atoms with Gasteiger partial charge in [-0.05, 0) is 36.4 Å². The number of benzene rings is 1. The van der Waals surface area contributed by atoms with Crippen molar-refractivity contribution in [1.29, 1.82) is 0 Å². The quantitative estimate of drug-likeness (QED) is 0.872. The molecule has 3 heteroatoms. The van der Waals surface area contributed by atoms with Gasteiger partial charge < -0.3 is 11.1 Å². The molecule has 3 unspecified atom stereocenters. The largest absolute Gasteiger partial charge is 0.329 e. The fourth-order valence-electron chi connectivity index (χ4n) is 2.06. The summed E-state index contributed by atoms with van der Waals surface area (Å²) in [6.45, 7) is 4.04. The van der Waals surface area contributed by atoms with Crippen LogP contribution in [0.1, 0.15) is 24.9 Å². The molecule has 0 saturated heterocycles. The molecule has 0 aliphatic heterocycles. The highest BCUT2D eigenvalue weighted by molar-refractivity contribution is 9.10. The summed E-state index contributed by atoms with van der Waals surface area (Å²) in [6, 6.07) is 8.56. The maximum atomic E-state index is 5.83. The van der Waals surface area contributed by atoms with Crippen LogP contribution in [0.5, 0.6) is 0 Å². The molecule has 3 N–H and O–H groups in total. The van der Waals surface area contributed by atoms with E-state index in [9.17, 15) is 0 Å². The van der Waals surface area contributed by atoms with Crippen molar-refractivity contribution < 1.29 is 0 Å².